The van der Waals surface area contributed by atoms with Gasteiger partial charge in [-0.1, -0.05) is 6.07 Å². The second-order valence-corrected chi connectivity index (χ2v) is 6.34. The average molecular weight is 316 g/mol. The first-order valence-electron chi connectivity index (χ1n) is 8.22. The highest BCUT2D eigenvalue weighted by molar-refractivity contribution is 5.78. The number of rotatable bonds is 5. The van der Waals surface area contributed by atoms with E-state index in [4.69, 9.17) is 0 Å². The Bertz CT molecular complexity index is 682. The molecule has 1 aromatic carbocycles. The van der Waals surface area contributed by atoms with Gasteiger partial charge >= 0.3 is 0 Å². The first kappa shape index (κ1) is 16.0. The van der Waals surface area contributed by atoms with Gasteiger partial charge in [-0.2, -0.15) is 0 Å². The lowest BCUT2D eigenvalue weighted by molar-refractivity contribution is -0.122. The number of hydrogen-bond acceptors (Lipinski definition) is 4. The minimum atomic E-state index is -0.296. The molecular weight excluding hydrogens is 292 g/mol. The van der Waals surface area contributed by atoms with E-state index in [0.717, 1.165) is 36.2 Å². The number of H-pyrrole nitrogens is 1. The van der Waals surface area contributed by atoms with Crippen molar-refractivity contribution < 1.29 is 9.90 Å². The van der Waals surface area contributed by atoms with Crippen LogP contribution in [0.2, 0.25) is 0 Å². The van der Waals surface area contributed by atoms with Gasteiger partial charge in [0, 0.05) is 19.5 Å². The van der Waals surface area contributed by atoms with Crippen LogP contribution in [-0.2, 0) is 11.2 Å². The smallest absolute Gasteiger partial charge is 0.234 e. The maximum Gasteiger partial charge on any atom is 0.234 e. The minimum Gasteiger partial charge on any atom is -0.392 e. The average Bonchev–Trinajstić information content (AvgIpc) is 2.89. The van der Waals surface area contributed by atoms with Crippen LogP contribution in [0.15, 0.2) is 18.2 Å². The second kappa shape index (κ2) is 7.10. The number of hydrogen-bond donors (Lipinski definition) is 3. The number of aryl methyl sites for hydroxylation is 1. The lowest BCUT2D eigenvalue weighted by atomic mass is 10.1. The van der Waals surface area contributed by atoms with Crippen molar-refractivity contribution in [1.29, 1.82) is 0 Å². The molecule has 6 heteroatoms. The van der Waals surface area contributed by atoms with Gasteiger partial charge < -0.3 is 15.4 Å². The zero-order chi connectivity index (χ0) is 16.2. The summed E-state index contributed by atoms with van der Waals surface area (Å²) in [4.78, 5) is 21.8. The predicted octanol–water partition coefficient (Wildman–Crippen LogP) is 0.987. The number of nitrogens with one attached hydrogen (secondary N) is 2. The van der Waals surface area contributed by atoms with Gasteiger partial charge in [0.25, 0.3) is 0 Å². The Morgan fingerprint density at radius 1 is 1.52 bits per heavy atom. The Morgan fingerprint density at radius 2 is 2.39 bits per heavy atom. The molecule has 0 bridgehead atoms. The molecule has 0 aliphatic carbocycles. The number of carbonyl (C=O) groups is 1. The summed E-state index contributed by atoms with van der Waals surface area (Å²) in [5, 5.41) is 12.5. The van der Waals surface area contributed by atoms with Gasteiger partial charge in [0.1, 0.15) is 5.82 Å². The number of aliphatic hydroxyl groups is 1. The van der Waals surface area contributed by atoms with E-state index in [1.54, 1.807) is 0 Å². The van der Waals surface area contributed by atoms with Crippen molar-refractivity contribution in [3.8, 4) is 0 Å². The summed E-state index contributed by atoms with van der Waals surface area (Å²) in [6.07, 6.45) is 2.18. The Kier molecular flexibility index (Phi) is 4.93. The van der Waals surface area contributed by atoms with E-state index >= 15 is 0 Å². The highest BCUT2D eigenvalue weighted by atomic mass is 16.3. The van der Waals surface area contributed by atoms with Crippen molar-refractivity contribution in [1.82, 2.24) is 20.2 Å². The normalized spacial score (nSPS) is 19.1. The molecule has 6 nitrogen and oxygen atoms in total. The molecule has 3 rings (SSSR count). The monoisotopic (exact) mass is 316 g/mol. The van der Waals surface area contributed by atoms with Crippen molar-refractivity contribution in [3.05, 3.63) is 29.6 Å². The number of aliphatic hydroxyl groups excluding tert-OH is 1. The number of likely N-dealkylation sites (tertiary alicyclic amines) is 1. The first-order chi connectivity index (χ1) is 11.1. The standard InChI is InChI=1S/C17H24N4O2/c1-12-4-5-14-15(9-12)20-16(19-14)6-7-18-17(23)11-21-8-2-3-13(22)10-21/h4-5,9,13,22H,2-3,6-8,10-11H2,1H3,(H,18,23)(H,19,20). The molecule has 1 aliphatic rings. The van der Waals surface area contributed by atoms with Gasteiger partial charge in [0.05, 0.1) is 23.7 Å². The minimum absolute atomic E-state index is 0.00561. The number of nitrogens with zero attached hydrogens (tertiary/aromatic N) is 2. The SMILES string of the molecule is Cc1ccc2nc(CCNC(=O)CN3CCCC(O)C3)[nH]c2c1. The Labute approximate surface area is 135 Å². The molecular formula is C17H24N4O2. The van der Waals surface area contributed by atoms with E-state index in [-0.39, 0.29) is 12.0 Å². The molecule has 1 amide bonds. The topological polar surface area (TPSA) is 81.2 Å². The summed E-state index contributed by atoms with van der Waals surface area (Å²) >= 11 is 0. The van der Waals surface area contributed by atoms with E-state index in [1.165, 1.54) is 5.56 Å². The molecule has 2 heterocycles. The Balaban J connectivity index is 1.45. The highest BCUT2D eigenvalue weighted by Crippen LogP contribution is 2.13. The fraction of sp³-hybridized carbons (Fsp3) is 0.529. The van der Waals surface area contributed by atoms with Crippen molar-refractivity contribution in [3.63, 3.8) is 0 Å². The van der Waals surface area contributed by atoms with Crippen molar-refractivity contribution in [2.75, 3.05) is 26.2 Å². The third kappa shape index (κ3) is 4.30. The van der Waals surface area contributed by atoms with Crippen molar-refractivity contribution in [2.24, 2.45) is 0 Å². The van der Waals surface area contributed by atoms with Crippen LogP contribution in [0, 0.1) is 6.92 Å². The summed E-state index contributed by atoms with van der Waals surface area (Å²) in [6.45, 7) is 4.45. The maximum absolute atomic E-state index is 12.0. The first-order valence-corrected chi connectivity index (χ1v) is 8.22. The molecule has 0 saturated carbocycles. The van der Waals surface area contributed by atoms with Gasteiger partial charge in [-0.25, -0.2) is 4.98 Å². The summed E-state index contributed by atoms with van der Waals surface area (Å²) in [5.41, 5.74) is 3.19. The van der Waals surface area contributed by atoms with Crippen LogP contribution in [0.25, 0.3) is 11.0 Å². The van der Waals surface area contributed by atoms with Crippen molar-refractivity contribution in [2.45, 2.75) is 32.3 Å². The van der Waals surface area contributed by atoms with Crippen LogP contribution in [0.5, 0.6) is 0 Å². The van der Waals surface area contributed by atoms with Crippen LogP contribution in [0.1, 0.15) is 24.2 Å². The Morgan fingerprint density at radius 3 is 3.22 bits per heavy atom. The second-order valence-electron chi connectivity index (χ2n) is 6.34. The van der Waals surface area contributed by atoms with Crippen LogP contribution >= 0.6 is 0 Å². The molecule has 0 spiro atoms. The van der Waals surface area contributed by atoms with Gasteiger partial charge in [-0.3, -0.25) is 9.69 Å². The summed E-state index contributed by atoms with van der Waals surface area (Å²) in [5.74, 6) is 0.894. The summed E-state index contributed by atoms with van der Waals surface area (Å²) < 4.78 is 0. The molecule has 1 atom stereocenters. The number of piperidine rings is 1. The van der Waals surface area contributed by atoms with Crippen LogP contribution < -0.4 is 5.32 Å². The van der Waals surface area contributed by atoms with E-state index in [9.17, 15) is 9.90 Å². The van der Waals surface area contributed by atoms with E-state index in [1.807, 2.05) is 17.0 Å². The third-order valence-electron chi connectivity index (χ3n) is 4.22. The quantitative estimate of drug-likeness (QED) is 0.768. The fourth-order valence-electron chi connectivity index (χ4n) is 3.05. The molecule has 1 saturated heterocycles. The van der Waals surface area contributed by atoms with E-state index in [2.05, 4.69) is 28.3 Å². The molecule has 1 unspecified atom stereocenters. The number of imidazole rings is 1. The highest BCUT2D eigenvalue weighted by Gasteiger charge is 2.19. The number of amides is 1. The molecule has 2 aromatic rings. The Hall–Kier alpha value is -1.92. The number of aromatic amines is 1. The van der Waals surface area contributed by atoms with Gasteiger partial charge in [0.15, 0.2) is 0 Å². The van der Waals surface area contributed by atoms with Gasteiger partial charge in [-0.05, 0) is 44.0 Å². The molecule has 1 fully saturated rings. The van der Waals surface area contributed by atoms with E-state index in [0.29, 0.717) is 26.1 Å². The van der Waals surface area contributed by atoms with Crippen LogP contribution in [0.3, 0.4) is 0 Å². The van der Waals surface area contributed by atoms with Gasteiger partial charge in [0.2, 0.25) is 5.91 Å². The molecule has 1 aromatic heterocycles. The predicted molar refractivity (Wildman–Crippen MR) is 89.2 cm³/mol. The number of carbonyl (C=O) groups excluding carboxylic acids is 1. The zero-order valence-electron chi connectivity index (χ0n) is 13.5. The molecule has 1 aliphatic heterocycles. The molecule has 23 heavy (non-hydrogen) atoms. The van der Waals surface area contributed by atoms with Crippen LogP contribution in [0.4, 0.5) is 0 Å². The summed E-state index contributed by atoms with van der Waals surface area (Å²) in [7, 11) is 0. The summed E-state index contributed by atoms with van der Waals surface area (Å²) in [6, 6.07) is 6.12. The maximum atomic E-state index is 12.0. The number of aromatic nitrogens is 2. The number of β-amino-alcohol motifs (C(OH)–C–C–N with tert-alkyl or cyclic N) is 1. The number of fused-ring (bicyclic) bond motifs is 1. The fourth-order valence-corrected chi connectivity index (χ4v) is 3.05. The largest absolute Gasteiger partial charge is 0.392 e. The zero-order valence-corrected chi connectivity index (χ0v) is 13.5. The lowest BCUT2D eigenvalue weighted by Crippen LogP contribution is -2.44. The molecule has 0 radical (unpaired) electrons. The van der Waals surface area contributed by atoms with Gasteiger partial charge in [-0.15, -0.1) is 0 Å². The van der Waals surface area contributed by atoms with E-state index < -0.39 is 0 Å². The molecule has 124 valence electrons. The van der Waals surface area contributed by atoms with Crippen molar-refractivity contribution >= 4 is 16.9 Å². The number of benzene rings is 1. The van der Waals surface area contributed by atoms with Crippen LogP contribution in [-0.4, -0.2) is 58.2 Å². The third-order valence-corrected chi connectivity index (χ3v) is 4.22. The molecule has 3 N–H and O–H groups in total. The lowest BCUT2D eigenvalue weighted by Gasteiger charge is -2.29.